The van der Waals surface area contributed by atoms with Gasteiger partial charge in [-0.3, -0.25) is 0 Å². The van der Waals surface area contributed by atoms with E-state index in [0.29, 0.717) is 5.56 Å². The standard InChI is InChI=1S/C19H16ClFN2O6S/c1-29-18(25)16-15(9-30(27,28)12-6-7-14(21)13(20)8-12)22-19(26)23-17(16)10-2-4-11(24)5-3-10/h2-8,17,24H,9H2,1H3,(H2,22,23,26)/t17-/m1/s1. The molecule has 3 rings (SSSR count). The van der Waals surface area contributed by atoms with E-state index in [4.69, 9.17) is 16.3 Å². The Kier molecular flexibility index (Phi) is 5.99. The third-order valence-corrected chi connectivity index (χ3v) is 6.30. The SMILES string of the molecule is COC(=O)C1=C(CS(=O)(=O)c2ccc(F)c(Cl)c2)NC(=O)N[C@@H]1c1ccc(O)cc1. The molecule has 0 saturated carbocycles. The normalized spacial score (nSPS) is 16.6. The number of phenols is 1. The summed E-state index contributed by atoms with van der Waals surface area (Å²) in [4.78, 5) is 24.4. The summed E-state index contributed by atoms with van der Waals surface area (Å²) in [6.07, 6.45) is 0. The van der Waals surface area contributed by atoms with Gasteiger partial charge in [0.1, 0.15) is 11.6 Å². The number of urea groups is 1. The summed E-state index contributed by atoms with van der Waals surface area (Å²) < 4.78 is 43.9. The number of carbonyl (C=O) groups is 2. The lowest BCUT2D eigenvalue weighted by Crippen LogP contribution is -2.47. The van der Waals surface area contributed by atoms with Crippen LogP contribution in [0.25, 0.3) is 0 Å². The van der Waals surface area contributed by atoms with Crippen molar-refractivity contribution in [3.05, 3.63) is 70.1 Å². The maximum absolute atomic E-state index is 13.4. The molecule has 0 saturated heterocycles. The second-order valence-corrected chi connectivity index (χ2v) is 8.74. The smallest absolute Gasteiger partial charge is 0.338 e. The highest BCUT2D eigenvalue weighted by Crippen LogP contribution is 2.30. The summed E-state index contributed by atoms with van der Waals surface area (Å²) in [6, 6.07) is 6.80. The van der Waals surface area contributed by atoms with E-state index >= 15 is 0 Å². The third kappa shape index (κ3) is 4.39. The predicted molar refractivity (Wildman–Crippen MR) is 105 cm³/mol. The highest BCUT2D eigenvalue weighted by atomic mass is 35.5. The quantitative estimate of drug-likeness (QED) is 0.471. The van der Waals surface area contributed by atoms with Gasteiger partial charge in [0.15, 0.2) is 9.84 Å². The molecule has 30 heavy (non-hydrogen) atoms. The predicted octanol–water partition coefficient (Wildman–Crippen LogP) is 2.44. The second-order valence-electron chi connectivity index (χ2n) is 6.34. The summed E-state index contributed by atoms with van der Waals surface area (Å²) in [5, 5.41) is 14.0. The minimum atomic E-state index is -4.11. The maximum Gasteiger partial charge on any atom is 0.338 e. The van der Waals surface area contributed by atoms with Gasteiger partial charge in [0.25, 0.3) is 0 Å². The van der Waals surface area contributed by atoms with E-state index in [0.717, 1.165) is 25.3 Å². The van der Waals surface area contributed by atoms with Gasteiger partial charge in [-0.1, -0.05) is 23.7 Å². The van der Waals surface area contributed by atoms with Gasteiger partial charge in [-0.15, -0.1) is 0 Å². The minimum Gasteiger partial charge on any atom is -0.508 e. The average molecular weight is 455 g/mol. The highest BCUT2D eigenvalue weighted by Gasteiger charge is 2.35. The molecule has 1 aliphatic heterocycles. The van der Waals surface area contributed by atoms with Crippen LogP contribution in [-0.4, -0.2) is 38.4 Å². The van der Waals surface area contributed by atoms with E-state index in [9.17, 15) is 27.5 Å². The molecule has 0 aliphatic carbocycles. The van der Waals surface area contributed by atoms with Gasteiger partial charge in [-0.05, 0) is 35.9 Å². The first-order chi connectivity index (χ1) is 14.1. The molecule has 0 fully saturated rings. The first-order valence-electron chi connectivity index (χ1n) is 8.48. The zero-order chi connectivity index (χ0) is 22.1. The van der Waals surface area contributed by atoms with Gasteiger partial charge < -0.3 is 20.5 Å². The molecule has 2 aromatic carbocycles. The number of sulfone groups is 1. The molecule has 1 atom stereocenters. The van der Waals surface area contributed by atoms with E-state index in [1.807, 2.05) is 0 Å². The summed E-state index contributed by atoms with van der Waals surface area (Å²) in [7, 11) is -2.99. The van der Waals surface area contributed by atoms with Crippen LogP contribution < -0.4 is 10.6 Å². The van der Waals surface area contributed by atoms with E-state index in [-0.39, 0.29) is 26.9 Å². The van der Waals surface area contributed by atoms with Crippen molar-refractivity contribution >= 4 is 33.4 Å². The Hall–Kier alpha value is -3.11. The van der Waals surface area contributed by atoms with E-state index in [1.54, 1.807) is 0 Å². The first-order valence-corrected chi connectivity index (χ1v) is 10.5. The molecule has 0 bridgehead atoms. The molecule has 0 radical (unpaired) electrons. The van der Waals surface area contributed by atoms with Gasteiger partial charge in [-0.25, -0.2) is 22.4 Å². The highest BCUT2D eigenvalue weighted by molar-refractivity contribution is 7.91. The molecule has 8 nitrogen and oxygen atoms in total. The molecule has 2 amide bonds. The lowest BCUT2D eigenvalue weighted by Gasteiger charge is -2.29. The molecular formula is C19H16ClFN2O6S. The lowest BCUT2D eigenvalue weighted by atomic mass is 9.95. The molecule has 0 unspecified atom stereocenters. The Labute approximate surface area is 176 Å². The zero-order valence-corrected chi connectivity index (χ0v) is 17.1. The largest absolute Gasteiger partial charge is 0.508 e. The third-order valence-electron chi connectivity index (χ3n) is 4.37. The number of methoxy groups -OCH3 is 1. The van der Waals surface area contributed by atoms with Crippen LogP contribution in [0.1, 0.15) is 11.6 Å². The minimum absolute atomic E-state index is 0.0291. The molecular weight excluding hydrogens is 439 g/mol. The van der Waals surface area contributed by atoms with Gasteiger partial charge in [0, 0.05) is 5.70 Å². The molecule has 0 spiro atoms. The zero-order valence-electron chi connectivity index (χ0n) is 15.5. The van der Waals surface area contributed by atoms with Crippen LogP contribution in [0.2, 0.25) is 5.02 Å². The number of nitrogens with one attached hydrogen (secondary N) is 2. The van der Waals surface area contributed by atoms with Crippen molar-refractivity contribution in [1.29, 1.82) is 0 Å². The number of benzene rings is 2. The van der Waals surface area contributed by atoms with Crippen LogP contribution in [0.5, 0.6) is 5.75 Å². The fourth-order valence-corrected chi connectivity index (χ4v) is 4.54. The maximum atomic E-state index is 13.4. The van der Waals surface area contributed by atoms with Gasteiger partial charge in [-0.2, -0.15) is 0 Å². The van der Waals surface area contributed by atoms with Crippen molar-refractivity contribution in [2.24, 2.45) is 0 Å². The van der Waals surface area contributed by atoms with Crippen molar-refractivity contribution in [2.45, 2.75) is 10.9 Å². The number of hydrogen-bond acceptors (Lipinski definition) is 6. The molecule has 3 N–H and O–H groups in total. The fraction of sp³-hybridized carbons (Fsp3) is 0.158. The monoisotopic (exact) mass is 454 g/mol. The summed E-state index contributed by atoms with van der Waals surface area (Å²) in [5.41, 5.74) is 0.103. The number of ether oxygens (including phenoxy) is 1. The number of phenolic OH excluding ortho intramolecular Hbond substituents is 1. The Balaban J connectivity index is 2.09. The topological polar surface area (TPSA) is 122 Å². The average Bonchev–Trinajstić information content (AvgIpc) is 2.69. The van der Waals surface area contributed by atoms with Crippen LogP contribution in [0.15, 0.2) is 58.6 Å². The molecule has 0 aromatic heterocycles. The Morgan fingerprint density at radius 2 is 1.90 bits per heavy atom. The van der Waals surface area contributed by atoms with E-state index in [2.05, 4.69) is 10.6 Å². The second kappa shape index (κ2) is 8.33. The summed E-state index contributed by atoms with van der Waals surface area (Å²) >= 11 is 5.68. The summed E-state index contributed by atoms with van der Waals surface area (Å²) in [6.45, 7) is 0. The van der Waals surface area contributed by atoms with Crippen molar-refractivity contribution in [2.75, 3.05) is 12.9 Å². The van der Waals surface area contributed by atoms with Crippen LogP contribution in [0.4, 0.5) is 9.18 Å². The van der Waals surface area contributed by atoms with Crippen molar-refractivity contribution in [1.82, 2.24) is 10.6 Å². The molecule has 158 valence electrons. The van der Waals surface area contributed by atoms with Crippen molar-refractivity contribution < 1.29 is 32.2 Å². The van der Waals surface area contributed by atoms with Gasteiger partial charge >= 0.3 is 12.0 Å². The van der Waals surface area contributed by atoms with Gasteiger partial charge in [0.05, 0.1) is 34.4 Å². The number of esters is 1. The van der Waals surface area contributed by atoms with Crippen LogP contribution in [-0.2, 0) is 19.4 Å². The molecule has 1 heterocycles. The van der Waals surface area contributed by atoms with Gasteiger partial charge in [0.2, 0.25) is 0 Å². The van der Waals surface area contributed by atoms with Crippen LogP contribution >= 0.6 is 11.6 Å². The number of aromatic hydroxyl groups is 1. The van der Waals surface area contributed by atoms with E-state index < -0.39 is 39.4 Å². The number of rotatable bonds is 5. The number of carbonyl (C=O) groups excluding carboxylic acids is 2. The first kappa shape index (κ1) is 21.6. The van der Waals surface area contributed by atoms with Crippen molar-refractivity contribution in [3.63, 3.8) is 0 Å². The number of hydrogen-bond donors (Lipinski definition) is 3. The molecule has 1 aliphatic rings. The molecule has 2 aromatic rings. The Bertz CT molecular complexity index is 1150. The number of halogens is 2. The van der Waals surface area contributed by atoms with Crippen molar-refractivity contribution in [3.8, 4) is 5.75 Å². The lowest BCUT2D eigenvalue weighted by molar-refractivity contribution is -0.136. The Morgan fingerprint density at radius 1 is 1.23 bits per heavy atom. The summed E-state index contributed by atoms with van der Waals surface area (Å²) in [5.74, 6) is -2.43. The number of amides is 2. The van der Waals surface area contributed by atoms with E-state index in [1.165, 1.54) is 24.3 Å². The molecule has 11 heteroatoms. The fourth-order valence-electron chi connectivity index (χ4n) is 2.94. The van der Waals surface area contributed by atoms with Crippen LogP contribution in [0, 0.1) is 5.82 Å². The Morgan fingerprint density at radius 3 is 2.50 bits per heavy atom. The van der Waals surface area contributed by atoms with Crippen LogP contribution in [0.3, 0.4) is 0 Å².